The molecule has 1 aromatic carbocycles. The van der Waals surface area contributed by atoms with Crippen molar-refractivity contribution in [1.82, 2.24) is 9.61 Å². The number of primary amides is 1. The fourth-order valence-electron chi connectivity index (χ4n) is 2.16. The molecule has 3 N–H and O–H groups in total. The van der Waals surface area contributed by atoms with Gasteiger partial charge in [-0.05, 0) is 30.7 Å². The van der Waals surface area contributed by atoms with Gasteiger partial charge in [0.05, 0.1) is 23.0 Å². The van der Waals surface area contributed by atoms with E-state index in [0.29, 0.717) is 11.3 Å². The molecule has 5 nitrogen and oxygen atoms in total. The first-order valence-electron chi connectivity index (χ1n) is 6.25. The first-order valence-corrected chi connectivity index (χ1v) is 6.25. The smallest absolute Gasteiger partial charge is 0.252 e. The summed E-state index contributed by atoms with van der Waals surface area (Å²) in [7, 11) is 0. The van der Waals surface area contributed by atoms with Gasteiger partial charge in [-0.2, -0.15) is 5.10 Å². The topological polar surface area (TPSA) is 72.4 Å². The van der Waals surface area contributed by atoms with Gasteiger partial charge in [0.2, 0.25) is 0 Å². The first kappa shape index (κ1) is 12.2. The van der Waals surface area contributed by atoms with Crippen LogP contribution in [0.15, 0.2) is 48.8 Å². The van der Waals surface area contributed by atoms with E-state index in [0.717, 1.165) is 16.8 Å². The number of amides is 1. The van der Waals surface area contributed by atoms with Gasteiger partial charge in [0.25, 0.3) is 5.91 Å². The largest absolute Gasteiger partial charge is 0.365 e. The third-order valence-corrected chi connectivity index (χ3v) is 3.24. The van der Waals surface area contributed by atoms with Crippen molar-refractivity contribution >= 4 is 22.8 Å². The van der Waals surface area contributed by atoms with Gasteiger partial charge in [0.15, 0.2) is 0 Å². The Labute approximate surface area is 116 Å². The summed E-state index contributed by atoms with van der Waals surface area (Å²) >= 11 is 0. The fourth-order valence-corrected chi connectivity index (χ4v) is 2.16. The van der Waals surface area contributed by atoms with E-state index in [9.17, 15) is 4.79 Å². The molecule has 100 valence electrons. The molecule has 0 spiro atoms. The molecule has 2 aromatic heterocycles. The predicted molar refractivity (Wildman–Crippen MR) is 78.2 cm³/mol. The summed E-state index contributed by atoms with van der Waals surface area (Å²) in [6, 6.07) is 11.6. The van der Waals surface area contributed by atoms with Crippen LogP contribution in [0, 0.1) is 6.92 Å². The zero-order valence-electron chi connectivity index (χ0n) is 11.0. The molecule has 0 saturated heterocycles. The van der Waals surface area contributed by atoms with Gasteiger partial charge >= 0.3 is 0 Å². The van der Waals surface area contributed by atoms with E-state index >= 15 is 0 Å². The van der Waals surface area contributed by atoms with E-state index in [2.05, 4.69) is 10.4 Å². The second kappa shape index (κ2) is 4.70. The lowest BCUT2D eigenvalue weighted by atomic mass is 10.1. The van der Waals surface area contributed by atoms with Crippen LogP contribution < -0.4 is 11.1 Å². The Kier molecular flexibility index (Phi) is 2.87. The van der Waals surface area contributed by atoms with Gasteiger partial charge in [-0.25, -0.2) is 4.52 Å². The van der Waals surface area contributed by atoms with Gasteiger partial charge in [-0.1, -0.05) is 18.2 Å². The normalized spacial score (nSPS) is 10.7. The van der Waals surface area contributed by atoms with Crippen molar-refractivity contribution < 1.29 is 4.79 Å². The number of nitrogens with one attached hydrogen (secondary N) is 1. The average molecular weight is 266 g/mol. The predicted octanol–water partition coefficient (Wildman–Crippen LogP) is 2.49. The Morgan fingerprint density at radius 2 is 2.05 bits per heavy atom. The number of hydrogen-bond acceptors (Lipinski definition) is 3. The third kappa shape index (κ3) is 1.99. The van der Waals surface area contributed by atoms with E-state index in [4.69, 9.17) is 5.73 Å². The van der Waals surface area contributed by atoms with E-state index < -0.39 is 5.91 Å². The summed E-state index contributed by atoms with van der Waals surface area (Å²) in [6.07, 6.45) is 3.30. The Morgan fingerprint density at radius 3 is 2.80 bits per heavy atom. The summed E-state index contributed by atoms with van der Waals surface area (Å²) < 4.78 is 1.70. The van der Waals surface area contributed by atoms with Crippen molar-refractivity contribution in [3.63, 3.8) is 0 Å². The van der Waals surface area contributed by atoms with Crippen molar-refractivity contribution in [2.24, 2.45) is 5.73 Å². The highest BCUT2D eigenvalue weighted by atomic mass is 16.1. The van der Waals surface area contributed by atoms with Gasteiger partial charge in [-0.3, -0.25) is 4.79 Å². The number of benzene rings is 1. The quantitative estimate of drug-likeness (QED) is 0.765. The van der Waals surface area contributed by atoms with Gasteiger partial charge in [0, 0.05) is 11.9 Å². The van der Waals surface area contributed by atoms with Crippen molar-refractivity contribution in [1.29, 1.82) is 0 Å². The molecular weight excluding hydrogens is 252 g/mol. The number of carbonyl (C=O) groups is 1. The molecule has 0 aliphatic rings. The molecule has 0 radical (unpaired) electrons. The summed E-state index contributed by atoms with van der Waals surface area (Å²) in [4.78, 5) is 11.6. The number of hydrogen-bond donors (Lipinski definition) is 2. The second-order valence-electron chi connectivity index (χ2n) is 4.58. The lowest BCUT2D eigenvalue weighted by molar-refractivity contribution is 0.100. The Bertz CT molecular complexity index is 791. The molecule has 0 aliphatic heterocycles. The maximum Gasteiger partial charge on any atom is 0.252 e. The van der Waals surface area contributed by atoms with Crippen LogP contribution >= 0.6 is 0 Å². The number of aryl methyl sites for hydroxylation is 1. The third-order valence-electron chi connectivity index (χ3n) is 3.24. The number of fused-ring (bicyclic) bond motifs is 1. The monoisotopic (exact) mass is 266 g/mol. The minimum atomic E-state index is -0.503. The number of nitrogens with zero attached hydrogens (tertiary/aromatic N) is 2. The molecule has 20 heavy (non-hydrogen) atoms. The second-order valence-corrected chi connectivity index (χ2v) is 4.58. The van der Waals surface area contributed by atoms with Crippen LogP contribution in [0.2, 0.25) is 0 Å². The maximum atomic E-state index is 11.6. The van der Waals surface area contributed by atoms with E-state index in [1.165, 1.54) is 6.20 Å². The number of nitrogens with two attached hydrogens (primary N) is 1. The Morgan fingerprint density at radius 1 is 1.25 bits per heavy atom. The SMILES string of the molecule is Cc1ccccc1Nc1c(C(N)=O)cnn2cccc12. The van der Waals surface area contributed by atoms with E-state index in [-0.39, 0.29) is 0 Å². The zero-order chi connectivity index (χ0) is 14.1. The number of anilines is 2. The summed E-state index contributed by atoms with van der Waals surface area (Å²) in [5, 5.41) is 7.45. The lowest BCUT2D eigenvalue weighted by Crippen LogP contribution is -2.15. The van der Waals surface area contributed by atoms with Crippen molar-refractivity contribution in [2.75, 3.05) is 5.32 Å². The van der Waals surface area contributed by atoms with Crippen LogP contribution in [0.1, 0.15) is 15.9 Å². The van der Waals surface area contributed by atoms with E-state index in [1.54, 1.807) is 4.52 Å². The Hall–Kier alpha value is -2.82. The van der Waals surface area contributed by atoms with Crippen LogP contribution in [-0.4, -0.2) is 15.5 Å². The van der Waals surface area contributed by atoms with Crippen molar-refractivity contribution in [3.8, 4) is 0 Å². The highest BCUT2D eigenvalue weighted by Crippen LogP contribution is 2.27. The summed E-state index contributed by atoms with van der Waals surface area (Å²) in [5.41, 5.74) is 9.32. The number of rotatable bonds is 3. The lowest BCUT2D eigenvalue weighted by Gasteiger charge is -2.13. The van der Waals surface area contributed by atoms with Gasteiger partial charge in [-0.15, -0.1) is 0 Å². The minimum Gasteiger partial charge on any atom is -0.365 e. The van der Waals surface area contributed by atoms with Gasteiger partial charge < -0.3 is 11.1 Å². The van der Waals surface area contributed by atoms with Gasteiger partial charge in [0.1, 0.15) is 0 Å². The van der Waals surface area contributed by atoms with Crippen LogP contribution in [0.25, 0.3) is 5.52 Å². The molecule has 5 heteroatoms. The van der Waals surface area contributed by atoms with Crippen LogP contribution in [0.3, 0.4) is 0 Å². The van der Waals surface area contributed by atoms with Crippen molar-refractivity contribution in [2.45, 2.75) is 6.92 Å². The molecule has 0 saturated carbocycles. The molecule has 2 heterocycles. The maximum absolute atomic E-state index is 11.6. The standard InChI is InChI=1S/C15H14N4O/c1-10-5-2-3-6-12(10)18-14-11(15(16)20)9-17-19-8-4-7-13(14)19/h2-9,18H,1H3,(H2,16,20). The molecule has 3 aromatic rings. The average Bonchev–Trinajstić information content (AvgIpc) is 2.90. The molecule has 0 aliphatic carbocycles. The number of aromatic nitrogens is 2. The van der Waals surface area contributed by atoms with Crippen LogP contribution in [0.4, 0.5) is 11.4 Å². The number of carbonyl (C=O) groups excluding carboxylic acids is 1. The number of para-hydroxylation sites is 1. The zero-order valence-corrected chi connectivity index (χ0v) is 11.0. The molecule has 0 unspecified atom stereocenters. The van der Waals surface area contributed by atoms with Crippen LogP contribution in [-0.2, 0) is 0 Å². The molecular formula is C15H14N4O. The molecule has 0 fully saturated rings. The summed E-state index contributed by atoms with van der Waals surface area (Å²) in [6.45, 7) is 2.00. The highest BCUT2D eigenvalue weighted by Gasteiger charge is 2.14. The van der Waals surface area contributed by atoms with E-state index in [1.807, 2.05) is 49.5 Å². The molecule has 1 amide bonds. The molecule has 0 bridgehead atoms. The fraction of sp³-hybridized carbons (Fsp3) is 0.0667. The van der Waals surface area contributed by atoms with Crippen molar-refractivity contribution in [3.05, 3.63) is 59.9 Å². The Balaban J connectivity index is 2.18. The molecule has 0 atom stereocenters. The summed E-state index contributed by atoms with van der Waals surface area (Å²) in [5.74, 6) is -0.503. The minimum absolute atomic E-state index is 0.374. The van der Waals surface area contributed by atoms with Crippen LogP contribution in [0.5, 0.6) is 0 Å². The molecule has 3 rings (SSSR count). The first-order chi connectivity index (χ1) is 9.66. The highest BCUT2D eigenvalue weighted by molar-refractivity contribution is 6.02.